The third-order valence-electron chi connectivity index (χ3n) is 2.42. The van der Waals surface area contributed by atoms with Gasteiger partial charge in [0.05, 0.1) is 19.8 Å². The quantitative estimate of drug-likeness (QED) is 0.588. The molecule has 0 saturated carbocycles. The van der Waals surface area contributed by atoms with E-state index in [9.17, 15) is 4.79 Å². The molecule has 0 fully saturated rings. The molecule has 4 N–H and O–H groups in total. The highest BCUT2D eigenvalue weighted by Crippen LogP contribution is 2.08. The number of aromatic nitrogens is 2. The Morgan fingerprint density at radius 2 is 2.33 bits per heavy atom. The van der Waals surface area contributed by atoms with Crippen molar-refractivity contribution < 1.29 is 14.6 Å². The van der Waals surface area contributed by atoms with Gasteiger partial charge in [-0.2, -0.15) is 5.10 Å². The van der Waals surface area contributed by atoms with Crippen LogP contribution < -0.4 is 5.73 Å². The van der Waals surface area contributed by atoms with Crippen molar-refractivity contribution in [1.29, 1.82) is 0 Å². The Balaban J connectivity index is 2.58. The lowest BCUT2D eigenvalue weighted by Crippen LogP contribution is -2.39. The molecule has 0 radical (unpaired) electrons. The Bertz CT molecular complexity index is 378. The third kappa shape index (κ3) is 4.01. The minimum Gasteiger partial charge on any atom is -0.394 e. The summed E-state index contributed by atoms with van der Waals surface area (Å²) in [5, 5.41) is 14.9. The van der Waals surface area contributed by atoms with Gasteiger partial charge in [-0.15, -0.1) is 0 Å². The number of nitrogen functional groups attached to an aromatic ring is 1. The largest absolute Gasteiger partial charge is 0.394 e. The summed E-state index contributed by atoms with van der Waals surface area (Å²) < 4.78 is 5.16. The van der Waals surface area contributed by atoms with Gasteiger partial charge in [0, 0.05) is 18.7 Å². The van der Waals surface area contributed by atoms with Crippen LogP contribution in [0.4, 0.5) is 5.82 Å². The smallest absolute Gasteiger partial charge is 0.272 e. The number of hydrogen-bond acceptors (Lipinski definition) is 5. The third-order valence-corrected chi connectivity index (χ3v) is 2.42. The van der Waals surface area contributed by atoms with Crippen LogP contribution in [0.5, 0.6) is 0 Å². The van der Waals surface area contributed by atoms with Gasteiger partial charge in [0.25, 0.3) is 5.91 Å². The molecule has 1 aromatic heterocycles. The molecular weight excluding hydrogens is 236 g/mol. The van der Waals surface area contributed by atoms with E-state index in [1.165, 1.54) is 6.07 Å². The maximum Gasteiger partial charge on any atom is 0.272 e. The molecule has 0 unspecified atom stereocenters. The average molecular weight is 256 g/mol. The highest BCUT2D eigenvalue weighted by molar-refractivity contribution is 5.93. The number of nitrogens with zero attached hydrogens (tertiary/aromatic N) is 2. The van der Waals surface area contributed by atoms with Gasteiger partial charge in [-0.1, -0.05) is 0 Å². The van der Waals surface area contributed by atoms with E-state index in [0.29, 0.717) is 24.7 Å². The fourth-order valence-corrected chi connectivity index (χ4v) is 1.53. The SMILES string of the molecule is CC(C)N(CCOCCO)C(=O)c1cc(N)n[nH]1. The predicted molar refractivity (Wildman–Crippen MR) is 67.1 cm³/mol. The summed E-state index contributed by atoms with van der Waals surface area (Å²) in [6.07, 6.45) is 0. The summed E-state index contributed by atoms with van der Waals surface area (Å²) in [5.41, 5.74) is 5.83. The zero-order chi connectivity index (χ0) is 13.5. The van der Waals surface area contributed by atoms with Crippen LogP contribution in [-0.4, -0.2) is 58.5 Å². The Labute approximate surface area is 106 Å². The van der Waals surface area contributed by atoms with Crippen molar-refractivity contribution in [3.8, 4) is 0 Å². The second-order valence-corrected chi connectivity index (χ2v) is 4.13. The fourth-order valence-electron chi connectivity index (χ4n) is 1.53. The van der Waals surface area contributed by atoms with Crippen LogP contribution in [0.2, 0.25) is 0 Å². The Morgan fingerprint density at radius 3 is 2.83 bits per heavy atom. The minimum atomic E-state index is -0.165. The van der Waals surface area contributed by atoms with E-state index in [0.717, 1.165) is 0 Å². The Hall–Kier alpha value is -1.60. The van der Waals surface area contributed by atoms with Gasteiger partial charge in [-0.05, 0) is 13.8 Å². The molecule has 0 saturated heterocycles. The van der Waals surface area contributed by atoms with Crippen molar-refractivity contribution in [3.63, 3.8) is 0 Å². The number of hydrogen-bond donors (Lipinski definition) is 3. The number of H-pyrrole nitrogens is 1. The van der Waals surface area contributed by atoms with Crippen LogP contribution in [0.25, 0.3) is 0 Å². The van der Waals surface area contributed by atoms with Gasteiger partial charge in [-0.3, -0.25) is 9.89 Å². The van der Waals surface area contributed by atoms with Crippen molar-refractivity contribution in [2.45, 2.75) is 19.9 Å². The molecule has 0 aliphatic carbocycles. The number of nitrogens with two attached hydrogens (primary N) is 1. The van der Waals surface area contributed by atoms with Gasteiger partial charge < -0.3 is 20.5 Å². The lowest BCUT2D eigenvalue weighted by atomic mass is 10.2. The number of rotatable bonds is 7. The zero-order valence-corrected chi connectivity index (χ0v) is 10.7. The molecule has 1 rings (SSSR count). The van der Waals surface area contributed by atoms with Gasteiger partial charge in [0.15, 0.2) is 0 Å². The molecular formula is C11H20N4O3. The van der Waals surface area contributed by atoms with E-state index < -0.39 is 0 Å². The first-order chi connectivity index (χ1) is 8.56. The molecule has 7 nitrogen and oxygen atoms in total. The Kier molecular flexibility index (Phi) is 5.60. The molecule has 7 heteroatoms. The summed E-state index contributed by atoms with van der Waals surface area (Å²) in [5.74, 6) is 0.125. The molecule has 0 aliphatic rings. The minimum absolute atomic E-state index is 0.0211. The predicted octanol–water partition coefficient (Wildman–Crippen LogP) is -0.149. The van der Waals surface area contributed by atoms with Crippen molar-refractivity contribution in [2.24, 2.45) is 0 Å². The lowest BCUT2D eigenvalue weighted by Gasteiger charge is -2.26. The maximum absolute atomic E-state index is 12.2. The molecule has 18 heavy (non-hydrogen) atoms. The molecule has 0 aromatic carbocycles. The number of anilines is 1. The summed E-state index contributed by atoms with van der Waals surface area (Å²) >= 11 is 0. The highest BCUT2D eigenvalue weighted by Gasteiger charge is 2.20. The van der Waals surface area contributed by atoms with Crippen LogP contribution in [-0.2, 0) is 4.74 Å². The number of aliphatic hydroxyl groups is 1. The van der Waals surface area contributed by atoms with Crippen molar-refractivity contribution >= 4 is 11.7 Å². The maximum atomic E-state index is 12.2. The van der Waals surface area contributed by atoms with Crippen LogP contribution in [0, 0.1) is 0 Å². The number of ether oxygens (including phenoxy) is 1. The van der Waals surface area contributed by atoms with Gasteiger partial charge in [0.2, 0.25) is 0 Å². The number of nitrogens with one attached hydrogen (secondary N) is 1. The summed E-state index contributed by atoms with van der Waals surface area (Å²) in [4.78, 5) is 13.8. The topological polar surface area (TPSA) is 104 Å². The first-order valence-electron chi connectivity index (χ1n) is 5.86. The van der Waals surface area contributed by atoms with Crippen LogP contribution in [0.3, 0.4) is 0 Å². The second-order valence-electron chi connectivity index (χ2n) is 4.13. The van der Waals surface area contributed by atoms with Gasteiger partial charge in [0.1, 0.15) is 11.5 Å². The molecule has 0 atom stereocenters. The average Bonchev–Trinajstić information content (AvgIpc) is 2.75. The zero-order valence-electron chi connectivity index (χ0n) is 10.7. The molecule has 0 aliphatic heterocycles. The van der Waals surface area contributed by atoms with E-state index in [1.807, 2.05) is 13.8 Å². The van der Waals surface area contributed by atoms with Crippen molar-refractivity contribution in [1.82, 2.24) is 15.1 Å². The second kappa shape index (κ2) is 6.97. The first-order valence-corrected chi connectivity index (χ1v) is 5.86. The van der Waals surface area contributed by atoms with E-state index in [1.54, 1.807) is 4.90 Å². The number of amides is 1. The van der Waals surface area contributed by atoms with Crippen LogP contribution in [0.15, 0.2) is 6.07 Å². The number of carbonyl (C=O) groups is 1. The lowest BCUT2D eigenvalue weighted by molar-refractivity contribution is 0.0502. The number of aliphatic hydroxyl groups excluding tert-OH is 1. The number of aromatic amines is 1. The first kappa shape index (κ1) is 14.5. The van der Waals surface area contributed by atoms with Gasteiger partial charge >= 0.3 is 0 Å². The Morgan fingerprint density at radius 1 is 1.61 bits per heavy atom. The molecule has 1 amide bonds. The molecule has 0 spiro atoms. The molecule has 0 bridgehead atoms. The fraction of sp³-hybridized carbons (Fsp3) is 0.636. The summed E-state index contributed by atoms with van der Waals surface area (Å²) in [6, 6.07) is 1.55. The summed E-state index contributed by atoms with van der Waals surface area (Å²) in [7, 11) is 0. The highest BCUT2D eigenvalue weighted by atomic mass is 16.5. The van der Waals surface area contributed by atoms with Crippen LogP contribution >= 0.6 is 0 Å². The molecule has 1 aromatic rings. The van der Waals surface area contributed by atoms with E-state index >= 15 is 0 Å². The standard InChI is InChI=1S/C11H20N4O3/c1-8(2)15(3-5-18-6-4-16)11(17)9-7-10(12)14-13-9/h7-8,16H,3-6H2,1-2H3,(H3,12,13,14). The van der Waals surface area contributed by atoms with Crippen molar-refractivity contribution in [2.75, 3.05) is 32.1 Å². The molecule has 102 valence electrons. The van der Waals surface area contributed by atoms with Crippen molar-refractivity contribution in [3.05, 3.63) is 11.8 Å². The van der Waals surface area contributed by atoms with E-state index in [4.69, 9.17) is 15.6 Å². The number of carbonyl (C=O) groups excluding carboxylic acids is 1. The normalized spacial score (nSPS) is 10.9. The van der Waals surface area contributed by atoms with Gasteiger partial charge in [-0.25, -0.2) is 0 Å². The van der Waals surface area contributed by atoms with E-state index in [2.05, 4.69) is 10.2 Å². The molecule has 1 heterocycles. The van der Waals surface area contributed by atoms with E-state index in [-0.39, 0.29) is 25.2 Å². The van der Waals surface area contributed by atoms with Crippen LogP contribution in [0.1, 0.15) is 24.3 Å². The summed E-state index contributed by atoms with van der Waals surface area (Å²) in [6.45, 7) is 4.93. The monoisotopic (exact) mass is 256 g/mol.